The molecule has 0 aliphatic heterocycles. The molecule has 4 heteroatoms. The number of esters is 1. The highest BCUT2D eigenvalue weighted by molar-refractivity contribution is 6.23. The number of para-hydroxylation sites is 1. The van der Waals surface area contributed by atoms with Crippen LogP contribution in [-0.2, 0) is 9.53 Å². The molecule has 4 nitrogen and oxygen atoms in total. The molecule has 16 heavy (non-hydrogen) atoms. The molecule has 0 aliphatic rings. The van der Waals surface area contributed by atoms with E-state index in [0.29, 0.717) is 6.61 Å². The summed E-state index contributed by atoms with van der Waals surface area (Å²) in [6.45, 7) is 6.10. The fourth-order valence-corrected chi connectivity index (χ4v) is 0.852. The molecule has 1 rings (SSSR count). The van der Waals surface area contributed by atoms with Crippen molar-refractivity contribution in [2.75, 3.05) is 12.0 Å². The molecular weight excluding hydrogens is 204 g/mol. The summed E-state index contributed by atoms with van der Waals surface area (Å²) in [5.74, 6) is -0.448. The van der Waals surface area contributed by atoms with Gasteiger partial charge in [0.05, 0.1) is 12.3 Å². The predicted octanol–water partition coefficient (Wildman–Crippen LogP) is 2.67. The van der Waals surface area contributed by atoms with Crippen LogP contribution in [0.4, 0.5) is 5.69 Å². The number of hydrazone groups is 1. The van der Waals surface area contributed by atoms with Crippen LogP contribution in [0.5, 0.6) is 0 Å². The van der Waals surface area contributed by atoms with E-state index in [-0.39, 0.29) is 0 Å². The Bertz CT molecular complexity index is 310. The third-order valence-corrected chi connectivity index (χ3v) is 1.42. The van der Waals surface area contributed by atoms with Crippen LogP contribution in [-0.4, -0.2) is 18.8 Å². The van der Waals surface area contributed by atoms with Gasteiger partial charge in [-0.25, -0.2) is 4.79 Å². The highest BCUT2D eigenvalue weighted by atomic mass is 16.5. The van der Waals surface area contributed by atoms with Gasteiger partial charge < -0.3 is 4.74 Å². The Labute approximate surface area is 96.3 Å². The monoisotopic (exact) mass is 222 g/mol. The van der Waals surface area contributed by atoms with Gasteiger partial charge in [-0.1, -0.05) is 32.0 Å². The summed E-state index contributed by atoms with van der Waals surface area (Å²) in [5.41, 5.74) is 3.53. The van der Waals surface area contributed by atoms with E-state index in [2.05, 4.69) is 15.3 Å². The molecule has 0 saturated carbocycles. The number of hydrogen-bond acceptors (Lipinski definition) is 4. The number of anilines is 1. The summed E-state index contributed by atoms with van der Waals surface area (Å²) < 4.78 is 4.65. The highest BCUT2D eigenvalue weighted by Crippen LogP contribution is 2.03. The van der Waals surface area contributed by atoms with Gasteiger partial charge in [0.25, 0.3) is 0 Å². The Morgan fingerprint density at radius 3 is 2.56 bits per heavy atom. The van der Waals surface area contributed by atoms with Crippen LogP contribution in [0.1, 0.15) is 20.8 Å². The molecule has 0 unspecified atom stereocenters. The van der Waals surface area contributed by atoms with Crippen molar-refractivity contribution in [1.29, 1.82) is 0 Å². The van der Waals surface area contributed by atoms with Gasteiger partial charge in [-0.05, 0) is 19.1 Å². The number of carbonyl (C=O) groups excluding carboxylic acids is 1. The summed E-state index contributed by atoms with van der Waals surface area (Å²) >= 11 is 0. The minimum atomic E-state index is -0.448. The Hall–Kier alpha value is -1.84. The molecule has 0 aliphatic carbocycles. The number of nitrogens with one attached hydrogen (secondary N) is 1. The molecule has 0 atom stereocenters. The second-order valence-corrected chi connectivity index (χ2v) is 2.49. The first-order valence-electron chi connectivity index (χ1n) is 5.34. The minimum absolute atomic E-state index is 0.357. The SMILES string of the molecule is CC.CCOC(=O)/C=N/Nc1ccccc1. The van der Waals surface area contributed by atoms with Gasteiger partial charge in [0.2, 0.25) is 0 Å². The summed E-state index contributed by atoms with van der Waals surface area (Å²) in [5, 5.41) is 3.71. The van der Waals surface area contributed by atoms with Gasteiger partial charge in [0.1, 0.15) is 6.21 Å². The lowest BCUT2D eigenvalue weighted by Crippen LogP contribution is -2.06. The van der Waals surface area contributed by atoms with Crippen molar-refractivity contribution in [3.05, 3.63) is 30.3 Å². The number of carbonyl (C=O) groups is 1. The molecule has 0 saturated heterocycles. The maximum atomic E-state index is 10.8. The summed E-state index contributed by atoms with van der Waals surface area (Å²) in [7, 11) is 0. The zero-order valence-electron chi connectivity index (χ0n) is 9.93. The van der Waals surface area contributed by atoms with Gasteiger partial charge >= 0.3 is 5.97 Å². The molecule has 0 fully saturated rings. The van der Waals surface area contributed by atoms with E-state index in [1.807, 2.05) is 44.2 Å². The normalized spacial score (nSPS) is 9.19. The Morgan fingerprint density at radius 2 is 2.00 bits per heavy atom. The number of ether oxygens (including phenoxy) is 1. The molecule has 0 radical (unpaired) electrons. The van der Waals surface area contributed by atoms with Crippen LogP contribution >= 0.6 is 0 Å². The van der Waals surface area contributed by atoms with Crippen LogP contribution in [0.25, 0.3) is 0 Å². The average molecular weight is 222 g/mol. The van der Waals surface area contributed by atoms with Crippen molar-refractivity contribution in [1.82, 2.24) is 0 Å². The number of hydrogen-bond donors (Lipinski definition) is 1. The zero-order valence-corrected chi connectivity index (χ0v) is 9.93. The summed E-state index contributed by atoms with van der Waals surface area (Å²) in [6, 6.07) is 9.36. The van der Waals surface area contributed by atoms with E-state index >= 15 is 0 Å². The molecule has 0 amide bonds. The summed E-state index contributed by atoms with van der Waals surface area (Å²) in [6.07, 6.45) is 1.11. The van der Waals surface area contributed by atoms with E-state index < -0.39 is 5.97 Å². The number of rotatable bonds is 4. The van der Waals surface area contributed by atoms with E-state index in [1.54, 1.807) is 6.92 Å². The fraction of sp³-hybridized carbons (Fsp3) is 0.333. The lowest BCUT2D eigenvalue weighted by molar-refractivity contribution is -0.134. The quantitative estimate of drug-likeness (QED) is 0.484. The molecule has 1 aromatic rings. The van der Waals surface area contributed by atoms with E-state index in [0.717, 1.165) is 11.9 Å². The molecular formula is C12H18N2O2. The van der Waals surface area contributed by atoms with Crippen LogP contribution in [0.3, 0.4) is 0 Å². The second-order valence-electron chi connectivity index (χ2n) is 2.49. The van der Waals surface area contributed by atoms with Crippen LogP contribution in [0.2, 0.25) is 0 Å². The first-order valence-corrected chi connectivity index (χ1v) is 5.34. The Kier molecular flexibility index (Phi) is 8.59. The third kappa shape index (κ3) is 6.59. The van der Waals surface area contributed by atoms with Crippen LogP contribution < -0.4 is 5.43 Å². The smallest absolute Gasteiger partial charge is 0.351 e. The maximum Gasteiger partial charge on any atom is 0.351 e. The van der Waals surface area contributed by atoms with Crippen molar-refractivity contribution in [3.63, 3.8) is 0 Å². The van der Waals surface area contributed by atoms with Crippen molar-refractivity contribution in [2.45, 2.75) is 20.8 Å². The predicted molar refractivity (Wildman–Crippen MR) is 66.5 cm³/mol. The van der Waals surface area contributed by atoms with Gasteiger partial charge in [-0.2, -0.15) is 5.10 Å². The van der Waals surface area contributed by atoms with Crippen LogP contribution in [0.15, 0.2) is 35.4 Å². The Morgan fingerprint density at radius 1 is 1.38 bits per heavy atom. The number of benzene rings is 1. The fourth-order valence-electron chi connectivity index (χ4n) is 0.852. The molecule has 1 N–H and O–H groups in total. The molecule has 0 bridgehead atoms. The van der Waals surface area contributed by atoms with Crippen molar-refractivity contribution in [3.8, 4) is 0 Å². The van der Waals surface area contributed by atoms with E-state index in [9.17, 15) is 4.79 Å². The van der Waals surface area contributed by atoms with Gasteiger partial charge in [-0.15, -0.1) is 0 Å². The molecule has 0 heterocycles. The summed E-state index contributed by atoms with van der Waals surface area (Å²) in [4.78, 5) is 10.8. The second kappa shape index (κ2) is 9.71. The third-order valence-electron chi connectivity index (χ3n) is 1.42. The lowest BCUT2D eigenvalue weighted by atomic mass is 10.3. The topological polar surface area (TPSA) is 50.7 Å². The zero-order chi connectivity index (χ0) is 12.2. The lowest BCUT2D eigenvalue weighted by Gasteiger charge is -1.98. The Balaban J connectivity index is 0.00000106. The van der Waals surface area contributed by atoms with Gasteiger partial charge in [0, 0.05) is 0 Å². The van der Waals surface area contributed by atoms with Crippen molar-refractivity contribution < 1.29 is 9.53 Å². The largest absolute Gasteiger partial charge is 0.462 e. The number of nitrogens with zero attached hydrogens (tertiary/aromatic N) is 1. The van der Waals surface area contributed by atoms with Crippen LogP contribution in [0, 0.1) is 0 Å². The first-order chi connectivity index (χ1) is 7.83. The maximum absolute atomic E-state index is 10.8. The van der Waals surface area contributed by atoms with Gasteiger partial charge in [0.15, 0.2) is 0 Å². The average Bonchev–Trinajstić information content (AvgIpc) is 2.33. The molecule has 0 aromatic heterocycles. The standard InChI is InChI=1S/C10H12N2O2.C2H6/c1-2-14-10(13)8-11-12-9-6-4-3-5-7-9;1-2/h3-8,12H,2H2,1H3;1-2H3/b11-8+;. The molecule has 1 aromatic carbocycles. The minimum Gasteiger partial charge on any atom is -0.462 e. The highest BCUT2D eigenvalue weighted by Gasteiger charge is 1.93. The van der Waals surface area contributed by atoms with E-state index in [4.69, 9.17) is 0 Å². The van der Waals surface area contributed by atoms with Crippen molar-refractivity contribution in [2.24, 2.45) is 5.10 Å². The molecule has 88 valence electrons. The van der Waals surface area contributed by atoms with Gasteiger partial charge in [-0.3, -0.25) is 5.43 Å². The molecule has 0 spiro atoms. The first kappa shape index (κ1) is 14.2. The van der Waals surface area contributed by atoms with Crippen molar-refractivity contribution >= 4 is 17.9 Å². The van der Waals surface area contributed by atoms with E-state index in [1.165, 1.54) is 0 Å².